The Morgan fingerprint density at radius 3 is 2.74 bits per heavy atom. The smallest absolute Gasteiger partial charge is 0.258 e. The first-order valence-corrected chi connectivity index (χ1v) is 7.10. The second-order valence-corrected chi connectivity index (χ2v) is 5.21. The zero-order chi connectivity index (χ0) is 16.2. The quantitative estimate of drug-likeness (QED) is 0.721. The highest BCUT2D eigenvalue weighted by atomic mass is 19.1. The van der Waals surface area contributed by atoms with Crippen LogP contribution in [0.25, 0.3) is 11.5 Å². The molecule has 6 heteroatoms. The molecule has 0 saturated heterocycles. The molecule has 0 spiro atoms. The summed E-state index contributed by atoms with van der Waals surface area (Å²) in [5.74, 6) is 1.04. The fourth-order valence-electron chi connectivity index (χ4n) is 2.05. The molecule has 23 heavy (non-hydrogen) atoms. The van der Waals surface area contributed by atoms with E-state index in [0.717, 1.165) is 5.69 Å². The van der Waals surface area contributed by atoms with Gasteiger partial charge in [-0.15, -0.1) is 0 Å². The summed E-state index contributed by atoms with van der Waals surface area (Å²) in [5, 5.41) is 3.85. The molecule has 0 unspecified atom stereocenters. The first-order chi connectivity index (χ1) is 11.1. The van der Waals surface area contributed by atoms with Crippen molar-refractivity contribution in [3.8, 4) is 17.2 Å². The Labute approximate surface area is 133 Å². The van der Waals surface area contributed by atoms with Crippen molar-refractivity contribution in [1.29, 1.82) is 0 Å². The van der Waals surface area contributed by atoms with Crippen LogP contribution in [-0.2, 0) is 6.61 Å². The van der Waals surface area contributed by atoms with Gasteiger partial charge in [0, 0.05) is 31.4 Å². The van der Waals surface area contributed by atoms with Crippen molar-refractivity contribution in [2.75, 3.05) is 19.0 Å². The minimum absolute atomic E-state index is 0.176. The maximum absolute atomic E-state index is 13.2. The van der Waals surface area contributed by atoms with E-state index in [2.05, 4.69) is 10.1 Å². The third kappa shape index (κ3) is 3.66. The highest BCUT2D eigenvalue weighted by molar-refractivity contribution is 5.52. The third-order valence-electron chi connectivity index (χ3n) is 3.24. The maximum Gasteiger partial charge on any atom is 0.258 e. The first kappa shape index (κ1) is 15.0. The average molecular weight is 313 g/mol. The van der Waals surface area contributed by atoms with Crippen molar-refractivity contribution in [3.63, 3.8) is 0 Å². The molecule has 0 bridgehead atoms. The number of benzene rings is 2. The highest BCUT2D eigenvalue weighted by Gasteiger charge is 2.10. The van der Waals surface area contributed by atoms with E-state index in [1.165, 1.54) is 12.1 Å². The number of aromatic nitrogens is 2. The molecule has 2 aromatic carbocycles. The molecule has 0 radical (unpaired) electrons. The summed E-state index contributed by atoms with van der Waals surface area (Å²) in [7, 11) is 3.92. The molecule has 5 nitrogen and oxygen atoms in total. The second-order valence-electron chi connectivity index (χ2n) is 5.21. The van der Waals surface area contributed by atoms with Crippen LogP contribution in [0.15, 0.2) is 53.1 Å². The molecule has 0 N–H and O–H groups in total. The number of halogens is 1. The summed E-state index contributed by atoms with van der Waals surface area (Å²) in [6.07, 6.45) is 0. The topological polar surface area (TPSA) is 51.4 Å². The van der Waals surface area contributed by atoms with E-state index < -0.39 is 0 Å². The van der Waals surface area contributed by atoms with Crippen molar-refractivity contribution < 1.29 is 13.7 Å². The van der Waals surface area contributed by atoms with Gasteiger partial charge in [-0.3, -0.25) is 0 Å². The molecule has 3 aromatic rings. The Bertz CT molecular complexity index is 802. The Balaban J connectivity index is 1.69. The van der Waals surface area contributed by atoms with Gasteiger partial charge in [0.15, 0.2) is 6.61 Å². The van der Waals surface area contributed by atoms with Crippen molar-refractivity contribution >= 4 is 5.69 Å². The molecular formula is C17H16FN3O2. The van der Waals surface area contributed by atoms with Crippen molar-refractivity contribution in [2.24, 2.45) is 0 Å². The summed E-state index contributed by atoms with van der Waals surface area (Å²) in [4.78, 5) is 6.20. The minimum atomic E-state index is -0.348. The zero-order valence-corrected chi connectivity index (χ0v) is 12.9. The SMILES string of the molecule is CN(C)c1cccc(OCc2noc(-c3cccc(F)c3)n2)c1. The molecule has 0 aliphatic rings. The lowest BCUT2D eigenvalue weighted by Gasteiger charge is -2.13. The summed E-state index contributed by atoms with van der Waals surface area (Å²) >= 11 is 0. The molecule has 0 fully saturated rings. The predicted molar refractivity (Wildman–Crippen MR) is 84.8 cm³/mol. The highest BCUT2D eigenvalue weighted by Crippen LogP contribution is 2.21. The Morgan fingerprint density at radius 1 is 1.13 bits per heavy atom. The molecule has 0 atom stereocenters. The fraction of sp³-hybridized carbons (Fsp3) is 0.176. The monoisotopic (exact) mass is 313 g/mol. The van der Waals surface area contributed by atoms with Crippen LogP contribution in [0.3, 0.4) is 0 Å². The number of rotatable bonds is 5. The van der Waals surface area contributed by atoms with Crippen LogP contribution in [0.4, 0.5) is 10.1 Å². The van der Waals surface area contributed by atoms with Gasteiger partial charge in [0.25, 0.3) is 5.89 Å². The van der Waals surface area contributed by atoms with Gasteiger partial charge in [0.1, 0.15) is 11.6 Å². The largest absolute Gasteiger partial charge is 0.485 e. The summed E-state index contributed by atoms with van der Waals surface area (Å²) in [5.41, 5.74) is 1.58. The lowest BCUT2D eigenvalue weighted by molar-refractivity contribution is 0.287. The Hall–Kier alpha value is -2.89. The normalized spacial score (nSPS) is 10.6. The molecule has 118 valence electrons. The predicted octanol–water partition coefficient (Wildman–Crippen LogP) is 3.52. The van der Waals surface area contributed by atoms with E-state index >= 15 is 0 Å². The Morgan fingerprint density at radius 2 is 1.96 bits per heavy atom. The van der Waals surface area contributed by atoms with Gasteiger partial charge >= 0.3 is 0 Å². The number of hydrogen-bond donors (Lipinski definition) is 0. The number of anilines is 1. The molecule has 0 aliphatic heterocycles. The van der Waals surface area contributed by atoms with Crippen LogP contribution in [-0.4, -0.2) is 24.2 Å². The lowest BCUT2D eigenvalue weighted by atomic mass is 10.2. The maximum atomic E-state index is 13.2. The van der Waals surface area contributed by atoms with Crippen LogP contribution in [0.5, 0.6) is 5.75 Å². The van der Waals surface area contributed by atoms with Crippen molar-refractivity contribution in [2.45, 2.75) is 6.61 Å². The van der Waals surface area contributed by atoms with Crippen LogP contribution >= 0.6 is 0 Å². The number of hydrogen-bond acceptors (Lipinski definition) is 5. The number of ether oxygens (including phenoxy) is 1. The van der Waals surface area contributed by atoms with Crippen LogP contribution in [0.1, 0.15) is 5.82 Å². The van der Waals surface area contributed by atoms with Crippen molar-refractivity contribution in [3.05, 3.63) is 60.2 Å². The summed E-state index contributed by atoms with van der Waals surface area (Å²) < 4.78 is 24.0. The van der Waals surface area contributed by atoms with Gasteiger partial charge in [-0.2, -0.15) is 4.98 Å². The molecule has 0 amide bonds. The molecule has 1 aromatic heterocycles. The third-order valence-corrected chi connectivity index (χ3v) is 3.24. The molecule has 0 aliphatic carbocycles. The average Bonchev–Trinajstić information content (AvgIpc) is 3.02. The van der Waals surface area contributed by atoms with Gasteiger partial charge in [-0.05, 0) is 30.3 Å². The van der Waals surface area contributed by atoms with E-state index in [1.807, 2.05) is 43.3 Å². The van der Waals surface area contributed by atoms with Gasteiger partial charge in [0.2, 0.25) is 5.82 Å². The second kappa shape index (κ2) is 6.48. The van der Waals surface area contributed by atoms with Crippen LogP contribution < -0.4 is 9.64 Å². The first-order valence-electron chi connectivity index (χ1n) is 7.10. The fourth-order valence-corrected chi connectivity index (χ4v) is 2.05. The van der Waals surface area contributed by atoms with Crippen LogP contribution in [0, 0.1) is 5.82 Å². The minimum Gasteiger partial charge on any atom is -0.485 e. The number of nitrogens with zero attached hydrogens (tertiary/aromatic N) is 3. The van der Waals surface area contributed by atoms with Crippen molar-refractivity contribution in [1.82, 2.24) is 10.1 Å². The van der Waals surface area contributed by atoms with E-state index in [0.29, 0.717) is 17.1 Å². The molecule has 1 heterocycles. The molecule has 3 rings (SSSR count). The van der Waals surface area contributed by atoms with Crippen LogP contribution in [0.2, 0.25) is 0 Å². The molecule has 0 saturated carbocycles. The summed E-state index contributed by atoms with van der Waals surface area (Å²) in [6.45, 7) is 0.176. The standard InChI is InChI=1S/C17H16FN3O2/c1-21(2)14-7-4-8-15(10-14)22-11-16-19-17(23-20-16)12-5-3-6-13(18)9-12/h3-10H,11H2,1-2H3. The summed E-state index contributed by atoms with van der Waals surface area (Å²) in [6, 6.07) is 13.7. The van der Waals surface area contributed by atoms with Gasteiger partial charge < -0.3 is 14.2 Å². The van der Waals surface area contributed by atoms with Gasteiger partial charge in [0.05, 0.1) is 0 Å². The van der Waals surface area contributed by atoms with Gasteiger partial charge in [-0.1, -0.05) is 17.3 Å². The van der Waals surface area contributed by atoms with E-state index in [9.17, 15) is 4.39 Å². The lowest BCUT2D eigenvalue weighted by Crippen LogP contribution is -2.08. The zero-order valence-electron chi connectivity index (χ0n) is 12.9. The Kier molecular flexibility index (Phi) is 4.23. The van der Waals surface area contributed by atoms with Gasteiger partial charge in [-0.25, -0.2) is 4.39 Å². The van der Waals surface area contributed by atoms with E-state index in [-0.39, 0.29) is 18.3 Å². The van der Waals surface area contributed by atoms with E-state index in [1.54, 1.807) is 12.1 Å². The molecular weight excluding hydrogens is 297 g/mol. The van der Waals surface area contributed by atoms with E-state index in [4.69, 9.17) is 9.26 Å².